The number of hydrogen-bond donors (Lipinski definition) is 0. The third-order valence-electron chi connectivity index (χ3n) is 8.34. The zero-order valence-electron chi connectivity index (χ0n) is 24.4. The van der Waals surface area contributed by atoms with E-state index < -0.39 is 0 Å². The van der Waals surface area contributed by atoms with Gasteiger partial charge in [-0.15, -0.1) is 0 Å². The smallest absolute Gasteiger partial charge is 0.310 e. The van der Waals surface area contributed by atoms with Gasteiger partial charge in [0.15, 0.2) is 0 Å². The molecular formula is C32H54O3. The Kier molecular flexibility index (Phi) is 11.6. The lowest BCUT2D eigenvalue weighted by Gasteiger charge is -2.38. The van der Waals surface area contributed by atoms with E-state index >= 15 is 0 Å². The minimum Gasteiger partial charge on any atom is -0.487 e. The van der Waals surface area contributed by atoms with Gasteiger partial charge < -0.3 is 9.47 Å². The summed E-state index contributed by atoms with van der Waals surface area (Å²) in [5.74, 6) is 4.10. The first-order valence-electron chi connectivity index (χ1n) is 14.5. The normalized spacial score (nSPS) is 19.3. The highest BCUT2D eigenvalue weighted by molar-refractivity contribution is 5.74. The molecule has 0 saturated heterocycles. The molecule has 200 valence electrons. The van der Waals surface area contributed by atoms with Crippen molar-refractivity contribution in [2.45, 2.75) is 145 Å². The largest absolute Gasteiger partial charge is 0.487 e. The molecule has 3 atom stereocenters. The minimum absolute atomic E-state index is 0.108. The van der Waals surface area contributed by atoms with Crippen LogP contribution in [0, 0.1) is 38.5 Å². The second kappa shape index (κ2) is 13.7. The molecule has 3 nitrogen and oxygen atoms in total. The number of benzene rings is 1. The Bertz CT molecular complexity index is 825. The van der Waals surface area contributed by atoms with Gasteiger partial charge in [0, 0.05) is 12.0 Å². The summed E-state index contributed by atoms with van der Waals surface area (Å²) in [4.78, 5) is 12.0. The van der Waals surface area contributed by atoms with Gasteiger partial charge in [-0.3, -0.25) is 4.79 Å². The number of fused-ring (bicyclic) bond motifs is 1. The third kappa shape index (κ3) is 8.83. The maximum Gasteiger partial charge on any atom is 0.310 e. The highest BCUT2D eigenvalue weighted by Crippen LogP contribution is 2.45. The Morgan fingerprint density at radius 1 is 0.886 bits per heavy atom. The van der Waals surface area contributed by atoms with Crippen LogP contribution in [-0.2, 0) is 11.2 Å². The molecule has 0 aliphatic carbocycles. The summed E-state index contributed by atoms with van der Waals surface area (Å²) in [6.45, 7) is 19.9. The molecule has 0 bridgehead atoms. The highest BCUT2D eigenvalue weighted by Gasteiger charge is 2.34. The van der Waals surface area contributed by atoms with E-state index in [0.29, 0.717) is 6.42 Å². The van der Waals surface area contributed by atoms with Gasteiger partial charge in [0.1, 0.15) is 17.1 Å². The first kappa shape index (κ1) is 29.7. The van der Waals surface area contributed by atoms with E-state index in [0.717, 1.165) is 65.2 Å². The van der Waals surface area contributed by atoms with E-state index in [-0.39, 0.29) is 11.6 Å². The van der Waals surface area contributed by atoms with Crippen molar-refractivity contribution in [2.24, 2.45) is 17.8 Å². The molecule has 0 spiro atoms. The van der Waals surface area contributed by atoms with E-state index in [4.69, 9.17) is 9.47 Å². The molecule has 0 unspecified atom stereocenters. The lowest BCUT2D eigenvalue weighted by Crippen LogP contribution is -2.37. The quantitative estimate of drug-likeness (QED) is 0.194. The van der Waals surface area contributed by atoms with Crippen LogP contribution >= 0.6 is 0 Å². The van der Waals surface area contributed by atoms with E-state index in [1.54, 1.807) is 0 Å². The summed E-state index contributed by atoms with van der Waals surface area (Å²) >= 11 is 0. The molecule has 0 amide bonds. The average molecular weight is 487 g/mol. The molecule has 35 heavy (non-hydrogen) atoms. The molecule has 0 fully saturated rings. The Labute approximate surface area is 216 Å². The molecule has 1 aliphatic rings. The first-order valence-corrected chi connectivity index (χ1v) is 14.5. The zero-order chi connectivity index (χ0) is 26.2. The topological polar surface area (TPSA) is 35.5 Å². The fourth-order valence-electron chi connectivity index (χ4n) is 5.60. The summed E-state index contributed by atoms with van der Waals surface area (Å²) in [7, 11) is 0. The van der Waals surface area contributed by atoms with Gasteiger partial charge in [0.05, 0.1) is 0 Å². The van der Waals surface area contributed by atoms with Crippen molar-refractivity contribution in [3.63, 3.8) is 0 Å². The van der Waals surface area contributed by atoms with E-state index in [1.165, 1.54) is 56.9 Å². The third-order valence-corrected chi connectivity index (χ3v) is 8.34. The molecule has 2 rings (SSSR count). The van der Waals surface area contributed by atoms with Crippen molar-refractivity contribution in [3.05, 3.63) is 22.3 Å². The van der Waals surface area contributed by atoms with Crippen molar-refractivity contribution in [1.82, 2.24) is 0 Å². The number of ether oxygens (including phenoxy) is 2. The fourth-order valence-corrected chi connectivity index (χ4v) is 5.60. The molecule has 3 heteroatoms. The van der Waals surface area contributed by atoms with Crippen molar-refractivity contribution >= 4 is 5.97 Å². The Hall–Kier alpha value is -1.51. The predicted octanol–water partition coefficient (Wildman–Crippen LogP) is 9.45. The van der Waals surface area contributed by atoms with Crippen molar-refractivity contribution < 1.29 is 14.3 Å². The van der Waals surface area contributed by atoms with Crippen LogP contribution in [0.15, 0.2) is 0 Å². The van der Waals surface area contributed by atoms with Gasteiger partial charge in [0.2, 0.25) is 0 Å². The summed E-state index contributed by atoms with van der Waals surface area (Å²) in [6.07, 6.45) is 14.3. The molecule has 1 heterocycles. The van der Waals surface area contributed by atoms with Crippen molar-refractivity contribution in [2.75, 3.05) is 0 Å². The predicted molar refractivity (Wildman–Crippen MR) is 149 cm³/mol. The maximum absolute atomic E-state index is 12.0. The lowest BCUT2D eigenvalue weighted by molar-refractivity contribution is -0.134. The maximum atomic E-state index is 12.0. The number of carbonyl (C=O) groups is 1. The molecule has 1 aliphatic heterocycles. The van der Waals surface area contributed by atoms with Gasteiger partial charge in [-0.05, 0) is 87.8 Å². The van der Waals surface area contributed by atoms with Crippen LogP contribution in [0.2, 0.25) is 0 Å². The van der Waals surface area contributed by atoms with Gasteiger partial charge >= 0.3 is 5.97 Å². The van der Waals surface area contributed by atoms with Crippen LogP contribution in [0.25, 0.3) is 0 Å². The van der Waals surface area contributed by atoms with Gasteiger partial charge in [-0.1, -0.05) is 79.6 Å². The zero-order valence-corrected chi connectivity index (χ0v) is 24.4. The van der Waals surface area contributed by atoms with Gasteiger partial charge in [-0.25, -0.2) is 0 Å². The van der Waals surface area contributed by atoms with Gasteiger partial charge in [-0.2, -0.15) is 0 Å². The molecular weight excluding hydrogens is 432 g/mol. The highest BCUT2D eigenvalue weighted by atomic mass is 16.5. The number of hydrogen-bond acceptors (Lipinski definition) is 3. The van der Waals surface area contributed by atoms with Crippen LogP contribution in [0.3, 0.4) is 0 Å². The molecule has 0 radical (unpaired) electrons. The summed E-state index contributed by atoms with van der Waals surface area (Å²) in [6, 6.07) is 0. The Balaban J connectivity index is 1.84. The lowest BCUT2D eigenvalue weighted by atomic mass is 9.83. The van der Waals surface area contributed by atoms with Crippen LogP contribution in [0.4, 0.5) is 0 Å². The molecule has 1 aromatic rings. The van der Waals surface area contributed by atoms with E-state index in [2.05, 4.69) is 48.5 Å². The summed E-state index contributed by atoms with van der Waals surface area (Å²) < 4.78 is 12.4. The van der Waals surface area contributed by atoms with Crippen LogP contribution in [0.5, 0.6) is 11.5 Å². The van der Waals surface area contributed by atoms with Crippen LogP contribution in [0.1, 0.15) is 134 Å². The second-order valence-electron chi connectivity index (χ2n) is 12.2. The van der Waals surface area contributed by atoms with Crippen molar-refractivity contribution in [3.8, 4) is 11.5 Å². The van der Waals surface area contributed by atoms with Crippen molar-refractivity contribution in [1.29, 1.82) is 0 Å². The van der Waals surface area contributed by atoms with E-state index in [9.17, 15) is 4.79 Å². The number of rotatable bonds is 14. The first-order chi connectivity index (χ1) is 16.5. The molecule has 0 aromatic heterocycles. The number of carbonyl (C=O) groups excluding carboxylic acids is 1. The summed E-state index contributed by atoms with van der Waals surface area (Å²) in [5, 5.41) is 0. The Morgan fingerprint density at radius 3 is 2.03 bits per heavy atom. The van der Waals surface area contributed by atoms with Gasteiger partial charge in [0.25, 0.3) is 0 Å². The molecule has 1 aromatic carbocycles. The average Bonchev–Trinajstić information content (AvgIpc) is 2.79. The van der Waals surface area contributed by atoms with E-state index in [1.807, 2.05) is 13.8 Å². The minimum atomic E-state index is -0.174. The second-order valence-corrected chi connectivity index (χ2v) is 12.2. The molecule has 0 N–H and O–H groups in total. The number of esters is 1. The Morgan fingerprint density at radius 2 is 1.46 bits per heavy atom. The molecule has 0 saturated carbocycles. The van der Waals surface area contributed by atoms with Crippen LogP contribution in [-0.4, -0.2) is 11.6 Å². The fraction of sp³-hybridized carbons (Fsp3) is 0.781. The SMILES string of the molecule is CCC(=O)Oc1c(C)c(C)c2c(c1C)CC[C@@](C)(CCC[C@H](C)CCC[C@H](C)CCCC(C)C)O2. The monoisotopic (exact) mass is 486 g/mol. The summed E-state index contributed by atoms with van der Waals surface area (Å²) in [5.41, 5.74) is 4.33. The standard InChI is InChI=1S/C32H54O3/c1-10-29(33)34-30-25(6)26(7)31-28(27(30)8)19-21-32(9,35-31)20-13-18-24(5)17-12-16-23(4)15-11-14-22(2)3/h22-24H,10-21H2,1-9H3/t23-,24-,32-/m1/s1. The van der Waals surface area contributed by atoms with Crippen LogP contribution < -0.4 is 9.47 Å².